The molecule has 3 N–H and O–H groups in total. The highest BCUT2D eigenvalue weighted by Gasteiger charge is 2.12. The fourth-order valence-corrected chi connectivity index (χ4v) is 1.96. The maximum Gasteiger partial charge on any atom is 0.274 e. The predicted molar refractivity (Wildman–Crippen MR) is 78.4 cm³/mol. The highest BCUT2D eigenvalue weighted by molar-refractivity contribution is 6.03. The molecule has 21 heavy (non-hydrogen) atoms. The lowest BCUT2D eigenvalue weighted by atomic mass is 10.2. The van der Waals surface area contributed by atoms with E-state index in [0.717, 1.165) is 16.6 Å². The van der Waals surface area contributed by atoms with Crippen LogP contribution in [0.15, 0.2) is 29.2 Å². The number of aryl methyl sites for hydroxylation is 2. The molecule has 0 radical (unpaired) electrons. The van der Waals surface area contributed by atoms with E-state index in [4.69, 9.17) is 0 Å². The number of nitrogens with zero attached hydrogens (tertiary/aromatic N) is 2. The maximum absolute atomic E-state index is 12.2. The predicted octanol–water partition coefficient (Wildman–Crippen LogP) is 1.52. The third kappa shape index (κ3) is 2.40. The molecule has 0 saturated heterocycles. The van der Waals surface area contributed by atoms with Crippen LogP contribution in [-0.2, 0) is 0 Å². The molecule has 0 unspecified atom stereocenters. The van der Waals surface area contributed by atoms with Gasteiger partial charge in [-0.05, 0) is 37.6 Å². The average Bonchev–Trinajstić information content (AvgIpc) is 2.92. The Kier molecular flexibility index (Phi) is 3.02. The zero-order valence-corrected chi connectivity index (χ0v) is 11.5. The average molecular weight is 283 g/mol. The van der Waals surface area contributed by atoms with Gasteiger partial charge in [0.05, 0.1) is 6.20 Å². The number of hydrogen-bond acceptors (Lipinski definition) is 4. The first-order valence-electron chi connectivity index (χ1n) is 6.36. The SMILES string of the molecule is Cc1cc(NC(=O)c2ccc3cn[nH]c3n2)c(=O)[nH]c1C. The summed E-state index contributed by atoms with van der Waals surface area (Å²) in [4.78, 5) is 30.8. The quantitative estimate of drug-likeness (QED) is 0.663. The number of rotatable bonds is 2. The highest BCUT2D eigenvalue weighted by Crippen LogP contribution is 2.11. The smallest absolute Gasteiger partial charge is 0.274 e. The van der Waals surface area contributed by atoms with Gasteiger partial charge in [-0.15, -0.1) is 0 Å². The number of aromatic amines is 2. The Morgan fingerprint density at radius 1 is 1.29 bits per heavy atom. The van der Waals surface area contributed by atoms with E-state index in [9.17, 15) is 9.59 Å². The number of aromatic nitrogens is 4. The third-order valence-corrected chi connectivity index (χ3v) is 3.28. The summed E-state index contributed by atoms with van der Waals surface area (Å²) in [5, 5.41) is 9.93. The summed E-state index contributed by atoms with van der Waals surface area (Å²) < 4.78 is 0. The summed E-state index contributed by atoms with van der Waals surface area (Å²) in [7, 11) is 0. The van der Waals surface area contributed by atoms with E-state index in [2.05, 4.69) is 25.5 Å². The van der Waals surface area contributed by atoms with Gasteiger partial charge in [-0.2, -0.15) is 5.10 Å². The van der Waals surface area contributed by atoms with Crippen LogP contribution >= 0.6 is 0 Å². The van der Waals surface area contributed by atoms with E-state index >= 15 is 0 Å². The van der Waals surface area contributed by atoms with E-state index in [0.29, 0.717) is 5.65 Å². The fourth-order valence-electron chi connectivity index (χ4n) is 1.96. The summed E-state index contributed by atoms with van der Waals surface area (Å²) in [6, 6.07) is 4.97. The first-order chi connectivity index (χ1) is 10.0. The largest absolute Gasteiger partial charge is 0.324 e. The molecule has 0 saturated carbocycles. The Morgan fingerprint density at radius 2 is 2.10 bits per heavy atom. The summed E-state index contributed by atoms with van der Waals surface area (Å²) in [6.07, 6.45) is 1.62. The van der Waals surface area contributed by atoms with Crippen LogP contribution in [0.3, 0.4) is 0 Å². The van der Waals surface area contributed by atoms with Gasteiger partial charge in [-0.1, -0.05) is 0 Å². The maximum atomic E-state index is 12.2. The van der Waals surface area contributed by atoms with Crippen LogP contribution in [-0.4, -0.2) is 26.1 Å². The van der Waals surface area contributed by atoms with Crippen molar-refractivity contribution in [2.24, 2.45) is 0 Å². The number of H-pyrrole nitrogens is 2. The number of carbonyl (C=O) groups excluding carboxylic acids is 1. The molecule has 0 aliphatic rings. The van der Waals surface area contributed by atoms with E-state index in [1.54, 1.807) is 31.3 Å². The Morgan fingerprint density at radius 3 is 2.90 bits per heavy atom. The standard InChI is InChI=1S/C14H13N5O2/c1-7-5-11(14(21)16-8(7)2)18-13(20)10-4-3-9-6-15-19-12(9)17-10/h3-6H,1-2H3,(H,16,21)(H,18,20)(H,15,17,19). The van der Waals surface area contributed by atoms with Gasteiger partial charge in [-0.3, -0.25) is 14.7 Å². The molecule has 3 aromatic heterocycles. The van der Waals surface area contributed by atoms with E-state index in [1.165, 1.54) is 0 Å². The summed E-state index contributed by atoms with van der Waals surface area (Å²) in [5.74, 6) is -0.444. The minimum atomic E-state index is -0.444. The van der Waals surface area contributed by atoms with Gasteiger partial charge >= 0.3 is 0 Å². The van der Waals surface area contributed by atoms with Gasteiger partial charge in [0.1, 0.15) is 11.4 Å². The number of carbonyl (C=O) groups is 1. The van der Waals surface area contributed by atoms with E-state index in [1.807, 2.05) is 6.92 Å². The number of fused-ring (bicyclic) bond motifs is 1. The molecular formula is C14H13N5O2. The second-order valence-corrected chi connectivity index (χ2v) is 4.78. The minimum Gasteiger partial charge on any atom is -0.324 e. The van der Waals surface area contributed by atoms with Gasteiger partial charge in [0.15, 0.2) is 5.65 Å². The lowest BCUT2D eigenvalue weighted by molar-refractivity contribution is 0.102. The molecule has 0 aliphatic heterocycles. The van der Waals surface area contributed by atoms with Crippen molar-refractivity contribution in [2.75, 3.05) is 5.32 Å². The Hall–Kier alpha value is -2.96. The van der Waals surface area contributed by atoms with Crippen LogP contribution in [0.4, 0.5) is 5.69 Å². The fraction of sp³-hybridized carbons (Fsp3) is 0.143. The second kappa shape index (κ2) is 4.86. The Bertz CT molecular complexity index is 894. The topological polar surface area (TPSA) is 104 Å². The third-order valence-electron chi connectivity index (χ3n) is 3.28. The lowest BCUT2D eigenvalue weighted by Crippen LogP contribution is -2.21. The molecule has 0 atom stereocenters. The molecule has 0 spiro atoms. The zero-order chi connectivity index (χ0) is 15.0. The number of hydrogen-bond donors (Lipinski definition) is 3. The first-order valence-corrected chi connectivity index (χ1v) is 6.36. The van der Waals surface area contributed by atoms with Crippen molar-refractivity contribution in [3.63, 3.8) is 0 Å². The summed E-state index contributed by atoms with van der Waals surface area (Å²) >= 11 is 0. The molecule has 0 fully saturated rings. The zero-order valence-electron chi connectivity index (χ0n) is 11.5. The van der Waals surface area contributed by atoms with Crippen molar-refractivity contribution >= 4 is 22.6 Å². The van der Waals surface area contributed by atoms with Crippen molar-refractivity contribution < 1.29 is 4.79 Å². The van der Waals surface area contributed by atoms with Crippen LogP contribution in [0.5, 0.6) is 0 Å². The van der Waals surface area contributed by atoms with Crippen molar-refractivity contribution in [3.05, 3.63) is 51.7 Å². The van der Waals surface area contributed by atoms with Crippen molar-refractivity contribution in [3.8, 4) is 0 Å². The van der Waals surface area contributed by atoms with Crippen molar-refractivity contribution in [2.45, 2.75) is 13.8 Å². The molecule has 1 amide bonds. The Labute approximate surface area is 119 Å². The molecule has 3 aromatic rings. The van der Waals surface area contributed by atoms with Gasteiger partial charge in [0, 0.05) is 11.1 Å². The molecule has 0 aliphatic carbocycles. The molecule has 3 rings (SSSR count). The summed E-state index contributed by atoms with van der Waals surface area (Å²) in [6.45, 7) is 3.66. The van der Waals surface area contributed by atoms with E-state index < -0.39 is 5.91 Å². The van der Waals surface area contributed by atoms with Crippen LogP contribution in [0, 0.1) is 13.8 Å². The van der Waals surface area contributed by atoms with Crippen LogP contribution in [0.25, 0.3) is 11.0 Å². The molecule has 7 nitrogen and oxygen atoms in total. The first kappa shape index (κ1) is 13.0. The molecule has 3 heterocycles. The van der Waals surface area contributed by atoms with Crippen molar-refractivity contribution in [1.29, 1.82) is 0 Å². The second-order valence-electron chi connectivity index (χ2n) is 4.78. The van der Waals surface area contributed by atoms with Gasteiger partial charge < -0.3 is 10.3 Å². The summed E-state index contributed by atoms with van der Waals surface area (Å²) in [5.41, 5.74) is 2.27. The molecule has 7 heteroatoms. The van der Waals surface area contributed by atoms with Gasteiger partial charge in [-0.25, -0.2) is 4.98 Å². The number of nitrogens with one attached hydrogen (secondary N) is 3. The number of amides is 1. The minimum absolute atomic E-state index is 0.203. The van der Waals surface area contributed by atoms with Crippen LogP contribution in [0.2, 0.25) is 0 Å². The normalized spacial score (nSPS) is 10.8. The molecule has 0 bridgehead atoms. The molecule has 0 aromatic carbocycles. The van der Waals surface area contributed by atoms with Crippen LogP contribution in [0.1, 0.15) is 21.7 Å². The van der Waals surface area contributed by atoms with E-state index in [-0.39, 0.29) is 16.9 Å². The van der Waals surface area contributed by atoms with Gasteiger partial charge in [0.25, 0.3) is 11.5 Å². The van der Waals surface area contributed by atoms with Gasteiger partial charge in [0.2, 0.25) is 0 Å². The molecular weight excluding hydrogens is 270 g/mol. The number of pyridine rings is 2. The van der Waals surface area contributed by atoms with Crippen LogP contribution < -0.4 is 10.9 Å². The Balaban J connectivity index is 1.92. The number of anilines is 1. The highest BCUT2D eigenvalue weighted by atomic mass is 16.2. The van der Waals surface area contributed by atoms with Crippen molar-refractivity contribution in [1.82, 2.24) is 20.2 Å². The monoisotopic (exact) mass is 283 g/mol. The lowest BCUT2D eigenvalue weighted by Gasteiger charge is -2.06. The molecule has 106 valence electrons.